The maximum atomic E-state index is 9.87. The van der Waals surface area contributed by atoms with Gasteiger partial charge in [0.2, 0.25) is 0 Å². The highest BCUT2D eigenvalue weighted by Crippen LogP contribution is 2.60. The molecule has 0 spiro atoms. The number of hydrogen-bond acceptors (Lipinski definition) is 4. The molecule has 4 heteroatoms. The van der Waals surface area contributed by atoms with Crippen molar-refractivity contribution in [3.8, 4) is 24.3 Å². The molecule has 0 radical (unpaired) electrons. The lowest BCUT2D eigenvalue weighted by Crippen LogP contribution is -2.42. The Bertz CT molecular complexity index is 994. The van der Waals surface area contributed by atoms with Crippen molar-refractivity contribution in [2.24, 2.45) is 22.4 Å². The van der Waals surface area contributed by atoms with Crippen LogP contribution in [0.3, 0.4) is 0 Å². The first-order chi connectivity index (χ1) is 15.6. The van der Waals surface area contributed by atoms with Crippen LogP contribution in [-0.4, -0.2) is 17.9 Å². The van der Waals surface area contributed by atoms with Gasteiger partial charge in [-0.2, -0.15) is 0 Å². The van der Waals surface area contributed by atoms with E-state index >= 15 is 0 Å². The number of oxime groups is 1. The maximum absolute atomic E-state index is 9.87. The highest BCUT2D eigenvalue weighted by Gasteiger charge is 2.53. The number of phenols is 1. The number of ether oxygens (including phenoxy) is 1. The van der Waals surface area contributed by atoms with Gasteiger partial charge in [0, 0.05) is 5.41 Å². The molecule has 3 aliphatic carbocycles. The summed E-state index contributed by atoms with van der Waals surface area (Å²) in [5.41, 5.74) is 5.36. The molecule has 0 bridgehead atoms. The molecular weight excluding hydrogens is 422 g/mol. The molecule has 0 amide bonds. The van der Waals surface area contributed by atoms with Crippen molar-refractivity contribution in [3.63, 3.8) is 0 Å². The molecule has 3 aliphatic rings. The quantitative estimate of drug-likeness (QED) is 0.381. The van der Waals surface area contributed by atoms with E-state index in [9.17, 15) is 5.11 Å². The van der Waals surface area contributed by atoms with Crippen LogP contribution in [-0.2, 0) is 17.9 Å². The van der Waals surface area contributed by atoms with E-state index in [1.165, 1.54) is 42.5 Å². The smallest absolute Gasteiger partial charge is 0.142 e. The Balaban J connectivity index is 0.000000995. The second-order valence-electron chi connectivity index (χ2n) is 9.45. The van der Waals surface area contributed by atoms with Crippen molar-refractivity contribution in [3.05, 3.63) is 59.2 Å². The van der Waals surface area contributed by atoms with Crippen LogP contribution >= 0.6 is 0 Å². The number of phenolic OH excluding ortho intramolecular Hbond substituents is 1. The molecule has 0 aliphatic heterocycles. The number of benzene rings is 2. The van der Waals surface area contributed by atoms with Crippen LogP contribution in [0.2, 0.25) is 0 Å². The van der Waals surface area contributed by atoms with Gasteiger partial charge in [-0.3, -0.25) is 0 Å². The molecular formula is C30H41NO3. The average molecular weight is 464 g/mol. The summed E-state index contributed by atoms with van der Waals surface area (Å²) in [6.07, 6.45) is 14.9. The summed E-state index contributed by atoms with van der Waals surface area (Å²) in [6.45, 7) is 2.92. The number of aromatic hydroxyl groups is 1. The van der Waals surface area contributed by atoms with Gasteiger partial charge in [0.25, 0.3) is 0 Å². The number of aryl methyl sites for hydroxylation is 1. The zero-order valence-electron chi connectivity index (χ0n) is 19.1. The van der Waals surface area contributed by atoms with Gasteiger partial charge in [0.15, 0.2) is 0 Å². The topological polar surface area (TPSA) is 51.0 Å². The molecule has 184 valence electrons. The lowest BCUT2D eigenvalue weighted by Gasteiger charge is -2.49. The predicted octanol–water partition coefficient (Wildman–Crippen LogP) is 7.35. The van der Waals surface area contributed by atoms with Gasteiger partial charge in [0.1, 0.15) is 18.1 Å². The highest BCUT2D eigenvalue weighted by molar-refractivity contribution is 5.92. The van der Waals surface area contributed by atoms with Gasteiger partial charge in [-0.15, -0.1) is 12.8 Å². The van der Waals surface area contributed by atoms with E-state index < -0.39 is 0 Å². The molecule has 2 unspecified atom stereocenters. The lowest BCUT2D eigenvalue weighted by molar-refractivity contribution is 0.0869. The van der Waals surface area contributed by atoms with E-state index in [0.29, 0.717) is 24.2 Å². The minimum Gasteiger partial charge on any atom is -0.508 e. The van der Waals surface area contributed by atoms with Gasteiger partial charge < -0.3 is 14.7 Å². The van der Waals surface area contributed by atoms with Gasteiger partial charge in [0.05, 0.1) is 12.8 Å². The Morgan fingerprint density at radius 1 is 1.03 bits per heavy atom. The molecule has 2 saturated carbocycles. The van der Waals surface area contributed by atoms with E-state index in [-0.39, 0.29) is 20.3 Å². The Morgan fingerprint density at radius 2 is 1.76 bits per heavy atom. The van der Waals surface area contributed by atoms with Crippen molar-refractivity contribution in [1.82, 2.24) is 0 Å². The summed E-state index contributed by atoms with van der Waals surface area (Å²) in [5.74, 6) is 3.29. The third-order valence-corrected chi connectivity index (χ3v) is 8.02. The number of terminal acetylenes is 1. The van der Waals surface area contributed by atoms with Crippen LogP contribution in [0.15, 0.2) is 47.6 Å². The van der Waals surface area contributed by atoms with Crippen LogP contribution in [0.25, 0.3) is 0 Å². The summed E-state index contributed by atoms with van der Waals surface area (Å²) in [4.78, 5) is 5.82. The summed E-state index contributed by atoms with van der Waals surface area (Å²) >= 11 is 0. The second-order valence-corrected chi connectivity index (χ2v) is 9.45. The number of rotatable bonds is 4. The van der Waals surface area contributed by atoms with Gasteiger partial charge >= 0.3 is 0 Å². The Hall–Kier alpha value is -2.93. The van der Waals surface area contributed by atoms with Crippen molar-refractivity contribution in [2.45, 2.75) is 72.8 Å². The van der Waals surface area contributed by atoms with Crippen LogP contribution in [0, 0.1) is 30.1 Å². The van der Waals surface area contributed by atoms with E-state index in [1.54, 1.807) is 7.11 Å². The first-order valence-corrected chi connectivity index (χ1v) is 11.6. The van der Waals surface area contributed by atoms with E-state index in [4.69, 9.17) is 9.57 Å². The van der Waals surface area contributed by atoms with Crippen LogP contribution in [0.4, 0.5) is 0 Å². The molecule has 4 atom stereocenters. The lowest BCUT2D eigenvalue weighted by atomic mass is 9.55. The number of fused-ring (bicyclic) bond motifs is 5. The molecule has 0 saturated heterocycles. The second kappa shape index (κ2) is 11.5. The van der Waals surface area contributed by atoms with Gasteiger partial charge in [-0.05, 0) is 97.2 Å². The standard InChI is InChI=1S/C26H31NO3.C2H2.2CH4/c1-26-14-13-22-21-10-6-19(28)15-18(21)5-9-23(22)24(26)11-12-25(26)27-30-16-17-3-7-20(29-2)8-4-17;1-2;;/h3-4,6-8,10,15,22-24,28H,5,9,11-14,16H2,1-2H3;1-2H;2*1H4/b27-25+;;;/t22?,23-,24?,26+;;;/m1.../s1. The molecule has 2 aromatic rings. The average Bonchev–Trinajstić information content (AvgIpc) is 3.17. The fourth-order valence-electron chi connectivity index (χ4n) is 6.41. The largest absolute Gasteiger partial charge is 0.508 e. The van der Waals surface area contributed by atoms with Crippen molar-refractivity contribution in [2.75, 3.05) is 7.11 Å². The molecule has 0 aromatic heterocycles. The van der Waals surface area contributed by atoms with Crippen molar-refractivity contribution in [1.29, 1.82) is 0 Å². The fourth-order valence-corrected chi connectivity index (χ4v) is 6.41. The van der Waals surface area contributed by atoms with Gasteiger partial charge in [-0.25, -0.2) is 0 Å². The van der Waals surface area contributed by atoms with Crippen LogP contribution in [0.5, 0.6) is 11.5 Å². The third-order valence-electron chi connectivity index (χ3n) is 8.02. The monoisotopic (exact) mass is 463 g/mol. The third kappa shape index (κ3) is 4.94. The molecule has 1 N–H and O–H groups in total. The van der Waals surface area contributed by atoms with Crippen LogP contribution < -0.4 is 4.74 Å². The minimum atomic E-state index is 0. The summed E-state index contributed by atoms with van der Waals surface area (Å²) in [7, 11) is 1.68. The Kier molecular flexibility index (Phi) is 9.21. The Labute approximate surface area is 206 Å². The summed E-state index contributed by atoms with van der Waals surface area (Å²) in [6, 6.07) is 14.0. The predicted molar refractivity (Wildman–Crippen MR) is 141 cm³/mol. The van der Waals surface area contributed by atoms with Crippen molar-refractivity contribution < 1.29 is 14.7 Å². The Morgan fingerprint density at radius 3 is 2.47 bits per heavy atom. The first-order valence-electron chi connectivity index (χ1n) is 11.6. The summed E-state index contributed by atoms with van der Waals surface area (Å²) < 4.78 is 5.22. The highest BCUT2D eigenvalue weighted by atomic mass is 16.6. The first kappa shape index (κ1) is 27.3. The number of hydrogen-bond donors (Lipinski definition) is 1. The maximum Gasteiger partial charge on any atom is 0.142 e. The van der Waals surface area contributed by atoms with E-state index in [1.807, 2.05) is 36.4 Å². The zero-order chi connectivity index (χ0) is 22.7. The molecule has 34 heavy (non-hydrogen) atoms. The molecule has 4 nitrogen and oxygen atoms in total. The summed E-state index contributed by atoms with van der Waals surface area (Å²) in [5, 5.41) is 14.5. The number of methoxy groups -OCH3 is 1. The van der Waals surface area contributed by atoms with Crippen LogP contribution in [0.1, 0.15) is 76.5 Å². The molecule has 2 aromatic carbocycles. The molecule has 0 heterocycles. The minimum absolute atomic E-state index is 0. The van der Waals surface area contributed by atoms with Gasteiger partial charge in [-0.1, -0.05) is 45.1 Å². The van der Waals surface area contributed by atoms with Crippen molar-refractivity contribution >= 4 is 5.71 Å². The zero-order valence-corrected chi connectivity index (χ0v) is 19.1. The van der Waals surface area contributed by atoms with E-state index in [2.05, 4.69) is 31.0 Å². The molecule has 2 fully saturated rings. The van der Waals surface area contributed by atoms with E-state index in [0.717, 1.165) is 30.1 Å². The SMILES string of the molecule is C.C.C#C.COc1ccc(CO/N=C2\CCC3[C@@H]4CCc5cc(O)ccc5C4CC[C@]23C)cc1. The number of nitrogens with zero attached hydrogens (tertiary/aromatic N) is 1. The normalized spacial score (nSPS) is 27.4. The molecule has 5 rings (SSSR count). The fraction of sp³-hybridized carbons (Fsp3) is 0.500.